The SMILES string of the molecule is CCC(C)(C)c1cc(NCCBr)ncn1. The first-order valence-corrected chi connectivity index (χ1v) is 6.34. The second kappa shape index (κ2) is 5.45. The van der Waals surface area contributed by atoms with Gasteiger partial charge in [0.25, 0.3) is 0 Å². The Labute approximate surface area is 99.8 Å². The topological polar surface area (TPSA) is 37.8 Å². The van der Waals surface area contributed by atoms with E-state index in [4.69, 9.17) is 0 Å². The lowest BCUT2D eigenvalue weighted by Crippen LogP contribution is -2.18. The maximum Gasteiger partial charge on any atom is 0.129 e. The molecule has 0 saturated heterocycles. The normalized spacial score (nSPS) is 11.5. The van der Waals surface area contributed by atoms with Gasteiger partial charge in [-0.25, -0.2) is 9.97 Å². The quantitative estimate of drug-likeness (QED) is 0.837. The maximum absolute atomic E-state index is 4.33. The molecule has 0 bridgehead atoms. The van der Waals surface area contributed by atoms with Crippen molar-refractivity contribution in [1.82, 2.24) is 9.97 Å². The van der Waals surface area contributed by atoms with Gasteiger partial charge in [-0.15, -0.1) is 0 Å². The fraction of sp³-hybridized carbons (Fsp3) is 0.636. The van der Waals surface area contributed by atoms with Gasteiger partial charge in [-0.1, -0.05) is 36.7 Å². The standard InChI is InChI=1S/C11H18BrN3/c1-4-11(2,3)9-7-10(13-6-5-12)15-8-14-9/h7-8H,4-6H2,1-3H3,(H,13,14,15). The number of hydrogen-bond donors (Lipinski definition) is 1. The van der Waals surface area contributed by atoms with E-state index < -0.39 is 0 Å². The Morgan fingerprint density at radius 3 is 2.73 bits per heavy atom. The van der Waals surface area contributed by atoms with Crippen LogP contribution in [-0.4, -0.2) is 21.8 Å². The minimum atomic E-state index is 0.119. The van der Waals surface area contributed by atoms with Crippen LogP contribution < -0.4 is 5.32 Å². The summed E-state index contributed by atoms with van der Waals surface area (Å²) in [5.41, 5.74) is 1.21. The Morgan fingerprint density at radius 2 is 2.13 bits per heavy atom. The van der Waals surface area contributed by atoms with E-state index >= 15 is 0 Å². The molecule has 1 heterocycles. The van der Waals surface area contributed by atoms with Crippen LogP contribution in [0, 0.1) is 0 Å². The molecule has 0 atom stereocenters. The molecule has 0 aliphatic rings. The second-order valence-corrected chi connectivity index (χ2v) is 4.93. The van der Waals surface area contributed by atoms with Crippen molar-refractivity contribution in [2.24, 2.45) is 0 Å². The number of alkyl halides is 1. The van der Waals surface area contributed by atoms with Gasteiger partial charge in [-0.05, 0) is 6.42 Å². The zero-order valence-electron chi connectivity index (χ0n) is 9.55. The smallest absolute Gasteiger partial charge is 0.129 e. The van der Waals surface area contributed by atoms with Crippen LogP contribution in [0.1, 0.15) is 32.9 Å². The number of hydrogen-bond acceptors (Lipinski definition) is 3. The van der Waals surface area contributed by atoms with Gasteiger partial charge < -0.3 is 5.32 Å². The minimum absolute atomic E-state index is 0.119. The van der Waals surface area contributed by atoms with E-state index in [0.29, 0.717) is 0 Å². The molecular weight excluding hydrogens is 254 g/mol. The molecule has 3 nitrogen and oxygen atoms in total. The molecule has 1 aromatic heterocycles. The molecule has 0 aliphatic carbocycles. The zero-order valence-corrected chi connectivity index (χ0v) is 11.1. The van der Waals surface area contributed by atoms with Gasteiger partial charge >= 0.3 is 0 Å². The lowest BCUT2D eigenvalue weighted by Gasteiger charge is -2.22. The monoisotopic (exact) mass is 271 g/mol. The van der Waals surface area contributed by atoms with Gasteiger partial charge in [-0.2, -0.15) is 0 Å². The Morgan fingerprint density at radius 1 is 1.40 bits per heavy atom. The second-order valence-electron chi connectivity index (χ2n) is 4.14. The van der Waals surface area contributed by atoms with Crippen LogP contribution in [-0.2, 0) is 5.41 Å². The molecule has 0 fully saturated rings. The highest BCUT2D eigenvalue weighted by Crippen LogP contribution is 2.25. The van der Waals surface area contributed by atoms with E-state index in [0.717, 1.165) is 29.8 Å². The molecule has 4 heteroatoms. The van der Waals surface area contributed by atoms with Gasteiger partial charge in [0.05, 0.1) is 5.69 Å². The molecule has 0 saturated carbocycles. The van der Waals surface area contributed by atoms with E-state index in [2.05, 4.69) is 52.0 Å². The molecule has 0 aromatic carbocycles. The fourth-order valence-corrected chi connectivity index (χ4v) is 1.38. The lowest BCUT2D eigenvalue weighted by atomic mass is 9.86. The van der Waals surface area contributed by atoms with E-state index in [1.807, 2.05) is 6.07 Å². The van der Waals surface area contributed by atoms with E-state index in [1.54, 1.807) is 6.33 Å². The molecule has 0 radical (unpaired) electrons. The van der Waals surface area contributed by atoms with E-state index in [9.17, 15) is 0 Å². The predicted molar refractivity (Wildman–Crippen MR) is 67.6 cm³/mol. The third kappa shape index (κ3) is 3.45. The lowest BCUT2D eigenvalue weighted by molar-refractivity contribution is 0.489. The molecule has 1 aromatic rings. The van der Waals surface area contributed by atoms with Crippen molar-refractivity contribution in [2.75, 3.05) is 17.2 Å². The third-order valence-corrected chi connectivity index (χ3v) is 3.04. The largest absolute Gasteiger partial charge is 0.369 e. The Hall–Kier alpha value is -0.640. The van der Waals surface area contributed by atoms with Crippen LogP contribution in [0.25, 0.3) is 0 Å². The molecule has 15 heavy (non-hydrogen) atoms. The first-order valence-electron chi connectivity index (χ1n) is 5.22. The van der Waals surface area contributed by atoms with Crippen molar-refractivity contribution < 1.29 is 0 Å². The van der Waals surface area contributed by atoms with Crippen LogP contribution >= 0.6 is 15.9 Å². The average Bonchev–Trinajstić information content (AvgIpc) is 2.27. The Kier molecular flexibility index (Phi) is 4.51. The maximum atomic E-state index is 4.33. The first-order chi connectivity index (χ1) is 7.10. The van der Waals surface area contributed by atoms with Gasteiger partial charge in [0.1, 0.15) is 12.1 Å². The summed E-state index contributed by atoms with van der Waals surface area (Å²) in [6, 6.07) is 2.03. The minimum Gasteiger partial charge on any atom is -0.369 e. The Balaban J connectivity index is 2.82. The zero-order chi connectivity index (χ0) is 11.3. The number of rotatable bonds is 5. The summed E-state index contributed by atoms with van der Waals surface area (Å²) in [6.07, 6.45) is 2.70. The van der Waals surface area contributed by atoms with Crippen molar-refractivity contribution in [3.63, 3.8) is 0 Å². The first kappa shape index (κ1) is 12.4. The van der Waals surface area contributed by atoms with Gasteiger partial charge in [0.15, 0.2) is 0 Å². The van der Waals surface area contributed by atoms with Crippen LogP contribution in [0.4, 0.5) is 5.82 Å². The molecule has 0 spiro atoms. The molecule has 0 aliphatic heterocycles. The van der Waals surface area contributed by atoms with Gasteiger partial charge in [-0.3, -0.25) is 0 Å². The highest BCUT2D eigenvalue weighted by Gasteiger charge is 2.19. The Bertz CT molecular complexity index is 312. The van der Waals surface area contributed by atoms with Crippen molar-refractivity contribution >= 4 is 21.7 Å². The summed E-state index contributed by atoms with van der Waals surface area (Å²) < 4.78 is 0. The van der Waals surface area contributed by atoms with Crippen molar-refractivity contribution in [3.8, 4) is 0 Å². The van der Waals surface area contributed by atoms with Crippen molar-refractivity contribution in [2.45, 2.75) is 32.6 Å². The highest BCUT2D eigenvalue weighted by molar-refractivity contribution is 9.09. The average molecular weight is 272 g/mol. The summed E-state index contributed by atoms with van der Waals surface area (Å²) in [7, 11) is 0. The van der Waals surface area contributed by atoms with E-state index in [-0.39, 0.29) is 5.41 Å². The summed E-state index contributed by atoms with van der Waals surface area (Å²) >= 11 is 3.37. The molecule has 0 unspecified atom stereocenters. The van der Waals surface area contributed by atoms with Crippen LogP contribution in [0.5, 0.6) is 0 Å². The van der Waals surface area contributed by atoms with Crippen LogP contribution in [0.3, 0.4) is 0 Å². The number of nitrogens with one attached hydrogen (secondary N) is 1. The van der Waals surface area contributed by atoms with Crippen molar-refractivity contribution in [3.05, 3.63) is 18.1 Å². The molecule has 1 N–H and O–H groups in total. The molecule has 84 valence electrons. The predicted octanol–water partition coefficient (Wildman–Crippen LogP) is 2.97. The summed E-state index contributed by atoms with van der Waals surface area (Å²) in [5, 5.41) is 4.15. The van der Waals surface area contributed by atoms with Gasteiger partial charge in [0, 0.05) is 23.4 Å². The van der Waals surface area contributed by atoms with E-state index in [1.165, 1.54) is 0 Å². The number of nitrogens with zero attached hydrogens (tertiary/aromatic N) is 2. The highest BCUT2D eigenvalue weighted by atomic mass is 79.9. The van der Waals surface area contributed by atoms with Crippen LogP contribution in [0.15, 0.2) is 12.4 Å². The number of aromatic nitrogens is 2. The molecular formula is C11H18BrN3. The fourth-order valence-electron chi connectivity index (χ4n) is 1.18. The summed E-state index contributed by atoms with van der Waals surface area (Å²) in [5.74, 6) is 0.904. The number of halogens is 1. The van der Waals surface area contributed by atoms with Crippen molar-refractivity contribution in [1.29, 1.82) is 0 Å². The molecule has 0 amide bonds. The summed E-state index contributed by atoms with van der Waals surface area (Å²) in [6.45, 7) is 7.45. The summed E-state index contributed by atoms with van der Waals surface area (Å²) in [4.78, 5) is 8.51. The molecule has 1 rings (SSSR count). The van der Waals surface area contributed by atoms with Gasteiger partial charge in [0.2, 0.25) is 0 Å². The number of anilines is 1. The van der Waals surface area contributed by atoms with Crippen LogP contribution in [0.2, 0.25) is 0 Å². The third-order valence-electron chi connectivity index (χ3n) is 2.64.